The summed E-state index contributed by atoms with van der Waals surface area (Å²) in [6.45, 7) is 2.09. The van der Waals surface area contributed by atoms with Crippen LogP contribution in [0.5, 0.6) is 0 Å². The van der Waals surface area contributed by atoms with Crippen molar-refractivity contribution in [2.75, 3.05) is 5.88 Å². The smallest absolute Gasteiger partial charge is 0.116 e. The number of rotatable bonds is 4. The maximum absolute atomic E-state index is 5.80. The van der Waals surface area contributed by atoms with E-state index in [1.807, 2.05) is 0 Å². The summed E-state index contributed by atoms with van der Waals surface area (Å²) < 4.78 is 0. The van der Waals surface area contributed by atoms with E-state index in [9.17, 15) is 0 Å². The van der Waals surface area contributed by atoms with E-state index >= 15 is 0 Å². The Morgan fingerprint density at radius 1 is 1.38 bits per heavy atom. The minimum absolute atomic E-state index is 0.583. The average Bonchev–Trinajstić information content (AvgIpc) is 2.74. The van der Waals surface area contributed by atoms with Gasteiger partial charge in [0.15, 0.2) is 0 Å². The van der Waals surface area contributed by atoms with Crippen LogP contribution in [0.1, 0.15) is 18.2 Å². The molecule has 1 N–H and O–H groups in total. The third kappa shape index (κ3) is 2.07. The van der Waals surface area contributed by atoms with Gasteiger partial charge in [0.05, 0.1) is 6.20 Å². The zero-order valence-electron chi connectivity index (χ0n) is 9.07. The highest BCUT2D eigenvalue weighted by Gasteiger charge is 2.13. The number of aromatic amines is 1. The standard InChI is InChI=1S/C11H13ClN4/c1-2-9-8(3-4-12)11(16-15-9)10-7-13-5-6-14-10/h5-7H,2-4H2,1H3,(H,15,16). The molecule has 0 spiro atoms. The molecule has 0 fully saturated rings. The Labute approximate surface area is 99.1 Å². The Morgan fingerprint density at radius 2 is 2.25 bits per heavy atom. The van der Waals surface area contributed by atoms with Gasteiger partial charge in [-0.25, -0.2) is 0 Å². The molecule has 0 aliphatic heterocycles. The van der Waals surface area contributed by atoms with Crippen molar-refractivity contribution in [3.63, 3.8) is 0 Å². The van der Waals surface area contributed by atoms with Crippen LogP contribution >= 0.6 is 11.6 Å². The molecule has 2 aromatic heterocycles. The van der Waals surface area contributed by atoms with Crippen LogP contribution in [0, 0.1) is 0 Å². The van der Waals surface area contributed by atoms with Crippen LogP contribution in [0.15, 0.2) is 18.6 Å². The minimum Gasteiger partial charge on any atom is -0.282 e. The Bertz CT molecular complexity index is 452. The highest BCUT2D eigenvalue weighted by atomic mass is 35.5. The maximum atomic E-state index is 5.80. The summed E-state index contributed by atoms with van der Waals surface area (Å²) in [6, 6.07) is 0. The lowest BCUT2D eigenvalue weighted by atomic mass is 10.1. The first-order valence-electron chi connectivity index (χ1n) is 5.25. The number of alkyl halides is 1. The normalized spacial score (nSPS) is 10.6. The average molecular weight is 237 g/mol. The molecule has 2 aromatic rings. The number of nitrogens with one attached hydrogen (secondary N) is 1. The first-order valence-corrected chi connectivity index (χ1v) is 5.78. The second kappa shape index (κ2) is 5.07. The van der Waals surface area contributed by atoms with Crippen molar-refractivity contribution in [2.45, 2.75) is 19.8 Å². The first kappa shape index (κ1) is 11.1. The molecule has 0 saturated heterocycles. The molecule has 0 aliphatic rings. The highest BCUT2D eigenvalue weighted by molar-refractivity contribution is 6.18. The van der Waals surface area contributed by atoms with Gasteiger partial charge in [-0.2, -0.15) is 5.10 Å². The number of halogens is 1. The van der Waals surface area contributed by atoms with E-state index in [1.54, 1.807) is 18.6 Å². The van der Waals surface area contributed by atoms with Crippen LogP contribution in [-0.2, 0) is 12.8 Å². The summed E-state index contributed by atoms with van der Waals surface area (Å²) in [5.74, 6) is 0.583. The van der Waals surface area contributed by atoms with Gasteiger partial charge in [-0.1, -0.05) is 6.92 Å². The highest BCUT2D eigenvalue weighted by Crippen LogP contribution is 2.22. The Morgan fingerprint density at radius 3 is 2.88 bits per heavy atom. The number of hydrogen-bond donors (Lipinski definition) is 1. The van der Waals surface area contributed by atoms with E-state index in [4.69, 9.17) is 11.6 Å². The van der Waals surface area contributed by atoms with Crippen LogP contribution < -0.4 is 0 Å². The monoisotopic (exact) mass is 236 g/mol. The summed E-state index contributed by atoms with van der Waals surface area (Å²) in [5.41, 5.74) is 3.93. The molecule has 0 atom stereocenters. The Balaban J connectivity index is 2.44. The van der Waals surface area contributed by atoms with Gasteiger partial charge < -0.3 is 0 Å². The molecule has 0 saturated carbocycles. The number of H-pyrrole nitrogens is 1. The van der Waals surface area contributed by atoms with Crippen molar-refractivity contribution in [2.24, 2.45) is 0 Å². The Hall–Kier alpha value is -1.42. The molecule has 0 aliphatic carbocycles. The summed E-state index contributed by atoms with van der Waals surface area (Å²) >= 11 is 5.80. The topological polar surface area (TPSA) is 54.5 Å². The zero-order chi connectivity index (χ0) is 11.4. The van der Waals surface area contributed by atoms with Crippen molar-refractivity contribution in [1.29, 1.82) is 0 Å². The Kier molecular flexibility index (Phi) is 3.51. The fourth-order valence-electron chi connectivity index (χ4n) is 1.69. The lowest BCUT2D eigenvalue weighted by Gasteiger charge is -2.01. The minimum atomic E-state index is 0.583. The van der Waals surface area contributed by atoms with Gasteiger partial charge in [0, 0.05) is 29.5 Å². The van der Waals surface area contributed by atoms with Crippen LogP contribution in [-0.4, -0.2) is 26.0 Å². The van der Waals surface area contributed by atoms with Crippen LogP contribution in [0.25, 0.3) is 11.4 Å². The van der Waals surface area contributed by atoms with E-state index in [-0.39, 0.29) is 0 Å². The predicted molar refractivity (Wildman–Crippen MR) is 63.4 cm³/mol. The predicted octanol–water partition coefficient (Wildman–Crippen LogP) is 2.21. The number of nitrogens with zero attached hydrogens (tertiary/aromatic N) is 3. The van der Waals surface area contributed by atoms with Crippen LogP contribution in [0.4, 0.5) is 0 Å². The molecule has 16 heavy (non-hydrogen) atoms. The molecule has 84 valence electrons. The molecular weight excluding hydrogens is 224 g/mol. The second-order valence-corrected chi connectivity index (χ2v) is 3.79. The molecule has 0 bridgehead atoms. The van der Waals surface area contributed by atoms with E-state index in [1.165, 1.54) is 0 Å². The molecule has 5 heteroatoms. The van der Waals surface area contributed by atoms with Crippen molar-refractivity contribution in [1.82, 2.24) is 20.2 Å². The quantitative estimate of drug-likeness (QED) is 0.829. The van der Waals surface area contributed by atoms with Crippen molar-refractivity contribution >= 4 is 11.6 Å². The van der Waals surface area contributed by atoms with Gasteiger partial charge in [-0.3, -0.25) is 15.1 Å². The molecule has 0 aromatic carbocycles. The summed E-state index contributed by atoms with van der Waals surface area (Å²) in [4.78, 5) is 8.30. The molecule has 4 nitrogen and oxygen atoms in total. The lowest BCUT2D eigenvalue weighted by molar-refractivity contribution is 0.957. The van der Waals surface area contributed by atoms with Crippen molar-refractivity contribution in [3.8, 4) is 11.4 Å². The summed E-state index contributed by atoms with van der Waals surface area (Å²) in [6.07, 6.45) is 6.75. The van der Waals surface area contributed by atoms with Gasteiger partial charge in [-0.15, -0.1) is 11.6 Å². The molecule has 2 heterocycles. The van der Waals surface area contributed by atoms with Gasteiger partial charge >= 0.3 is 0 Å². The van der Waals surface area contributed by atoms with E-state index in [0.717, 1.165) is 35.5 Å². The maximum Gasteiger partial charge on any atom is 0.116 e. The van der Waals surface area contributed by atoms with Crippen molar-refractivity contribution in [3.05, 3.63) is 29.8 Å². The molecule has 0 unspecified atom stereocenters. The second-order valence-electron chi connectivity index (χ2n) is 3.41. The SMILES string of the molecule is CCc1[nH]nc(-c2cnccn2)c1CCCl. The van der Waals surface area contributed by atoms with Gasteiger partial charge in [0.1, 0.15) is 11.4 Å². The molecular formula is C11H13ClN4. The van der Waals surface area contributed by atoms with E-state index < -0.39 is 0 Å². The number of aromatic nitrogens is 4. The number of hydrogen-bond acceptors (Lipinski definition) is 3. The summed E-state index contributed by atoms with van der Waals surface area (Å²) in [7, 11) is 0. The molecule has 0 radical (unpaired) electrons. The van der Waals surface area contributed by atoms with Gasteiger partial charge in [-0.05, 0) is 12.8 Å². The first-order chi connectivity index (χ1) is 7.86. The van der Waals surface area contributed by atoms with E-state index in [0.29, 0.717) is 5.88 Å². The largest absolute Gasteiger partial charge is 0.282 e. The van der Waals surface area contributed by atoms with Gasteiger partial charge in [0.25, 0.3) is 0 Å². The third-order valence-electron chi connectivity index (χ3n) is 2.46. The third-order valence-corrected chi connectivity index (χ3v) is 2.65. The fraction of sp³-hybridized carbons (Fsp3) is 0.364. The summed E-state index contributed by atoms with van der Waals surface area (Å²) in [5, 5.41) is 7.32. The molecule has 0 amide bonds. The van der Waals surface area contributed by atoms with Crippen molar-refractivity contribution < 1.29 is 0 Å². The zero-order valence-corrected chi connectivity index (χ0v) is 9.83. The van der Waals surface area contributed by atoms with E-state index in [2.05, 4.69) is 27.1 Å². The van der Waals surface area contributed by atoms with Gasteiger partial charge in [0.2, 0.25) is 0 Å². The molecule has 2 rings (SSSR count). The lowest BCUT2D eigenvalue weighted by Crippen LogP contribution is -1.94. The van der Waals surface area contributed by atoms with Crippen LogP contribution in [0.3, 0.4) is 0 Å². The fourth-order valence-corrected chi connectivity index (χ4v) is 1.88. The van der Waals surface area contributed by atoms with Crippen LogP contribution in [0.2, 0.25) is 0 Å². The number of aryl methyl sites for hydroxylation is 1.